The minimum Gasteiger partial charge on any atom is -0.0619 e. The Morgan fingerprint density at radius 3 is 1.86 bits per heavy atom. The van der Waals surface area contributed by atoms with E-state index in [4.69, 9.17) is 0 Å². The molecule has 22 heavy (non-hydrogen) atoms. The fourth-order valence-electron chi connectivity index (χ4n) is 3.90. The lowest BCUT2D eigenvalue weighted by atomic mass is 9.75. The molecule has 0 saturated heterocycles. The van der Waals surface area contributed by atoms with Gasteiger partial charge in [0.15, 0.2) is 0 Å². The summed E-state index contributed by atoms with van der Waals surface area (Å²) in [5.41, 5.74) is 9.64. The molecule has 0 unspecified atom stereocenters. The number of hydrogen-bond acceptors (Lipinski definition) is 0. The second kappa shape index (κ2) is 4.58. The highest BCUT2D eigenvalue weighted by molar-refractivity contribution is 5.91. The van der Waals surface area contributed by atoms with Crippen LogP contribution >= 0.6 is 0 Å². The van der Waals surface area contributed by atoms with E-state index in [-0.39, 0.29) is 5.41 Å². The van der Waals surface area contributed by atoms with Crippen molar-refractivity contribution in [2.45, 2.75) is 26.2 Å². The Morgan fingerprint density at radius 1 is 0.591 bits per heavy atom. The van der Waals surface area contributed by atoms with Crippen molar-refractivity contribution < 1.29 is 0 Å². The SMILES string of the molecule is Cc1cccc2c1-c1ccccc1C(C)(C)c1ccccc1-2. The summed E-state index contributed by atoms with van der Waals surface area (Å²) in [7, 11) is 0. The van der Waals surface area contributed by atoms with E-state index in [9.17, 15) is 0 Å². The second-order valence-electron chi connectivity index (χ2n) is 6.71. The maximum atomic E-state index is 2.34. The molecule has 3 aromatic carbocycles. The standard InChI is InChI=1S/C22H20/c1-15-9-8-12-17-16-10-4-6-13-19(16)22(2,3)20-14-7-5-11-18(20)21(15)17/h4-14H,1-3H3. The number of aryl methyl sites for hydroxylation is 1. The van der Waals surface area contributed by atoms with Crippen molar-refractivity contribution in [1.29, 1.82) is 0 Å². The minimum absolute atomic E-state index is 0.00134. The average molecular weight is 284 g/mol. The number of benzene rings is 3. The van der Waals surface area contributed by atoms with Gasteiger partial charge in [-0.3, -0.25) is 0 Å². The summed E-state index contributed by atoms with van der Waals surface area (Å²) in [6, 6.07) is 24.4. The van der Waals surface area contributed by atoms with E-state index in [2.05, 4.69) is 87.5 Å². The molecule has 0 spiro atoms. The molecule has 0 nitrogen and oxygen atoms in total. The molecular weight excluding hydrogens is 264 g/mol. The van der Waals surface area contributed by atoms with E-state index in [0.29, 0.717) is 0 Å². The lowest BCUT2D eigenvalue weighted by Crippen LogP contribution is -2.19. The third-order valence-corrected chi connectivity index (χ3v) is 5.03. The summed E-state index contributed by atoms with van der Waals surface area (Å²) >= 11 is 0. The molecule has 0 radical (unpaired) electrons. The van der Waals surface area contributed by atoms with Gasteiger partial charge in [0.25, 0.3) is 0 Å². The van der Waals surface area contributed by atoms with Crippen molar-refractivity contribution >= 4 is 0 Å². The topological polar surface area (TPSA) is 0 Å². The maximum absolute atomic E-state index is 2.34. The molecule has 0 amide bonds. The van der Waals surface area contributed by atoms with Crippen LogP contribution in [0.1, 0.15) is 30.5 Å². The van der Waals surface area contributed by atoms with Gasteiger partial charge in [-0.05, 0) is 45.9 Å². The van der Waals surface area contributed by atoms with Crippen molar-refractivity contribution in [2.75, 3.05) is 0 Å². The predicted octanol–water partition coefficient (Wildman–Crippen LogP) is 5.97. The van der Waals surface area contributed by atoms with Gasteiger partial charge in [0.1, 0.15) is 0 Å². The number of rotatable bonds is 0. The molecule has 0 N–H and O–H groups in total. The van der Waals surface area contributed by atoms with Gasteiger partial charge in [0, 0.05) is 5.41 Å². The Balaban J connectivity index is 2.24. The van der Waals surface area contributed by atoms with E-state index in [1.54, 1.807) is 0 Å². The molecule has 4 rings (SSSR count). The lowest BCUT2D eigenvalue weighted by Gasteiger charge is -2.28. The van der Waals surface area contributed by atoms with Crippen LogP contribution in [0, 0.1) is 6.92 Å². The first-order valence-corrected chi connectivity index (χ1v) is 7.90. The van der Waals surface area contributed by atoms with Crippen LogP contribution in [0.3, 0.4) is 0 Å². The zero-order valence-electron chi connectivity index (χ0n) is 13.4. The first kappa shape index (κ1) is 13.3. The summed E-state index contributed by atoms with van der Waals surface area (Å²) < 4.78 is 0. The van der Waals surface area contributed by atoms with Crippen LogP contribution in [0.2, 0.25) is 0 Å². The van der Waals surface area contributed by atoms with Crippen molar-refractivity contribution in [3.63, 3.8) is 0 Å². The summed E-state index contributed by atoms with van der Waals surface area (Å²) in [6.45, 7) is 6.90. The van der Waals surface area contributed by atoms with Gasteiger partial charge in [-0.2, -0.15) is 0 Å². The molecule has 0 atom stereocenters. The van der Waals surface area contributed by atoms with E-state index >= 15 is 0 Å². The molecule has 0 fully saturated rings. The third kappa shape index (κ3) is 1.70. The number of fused-ring (bicyclic) bond motifs is 5. The zero-order chi connectivity index (χ0) is 15.3. The Morgan fingerprint density at radius 2 is 1.14 bits per heavy atom. The van der Waals surface area contributed by atoms with Gasteiger partial charge in [-0.25, -0.2) is 0 Å². The summed E-state index contributed by atoms with van der Waals surface area (Å²) in [4.78, 5) is 0. The Kier molecular flexibility index (Phi) is 2.77. The third-order valence-electron chi connectivity index (χ3n) is 5.03. The van der Waals surface area contributed by atoms with Crippen molar-refractivity contribution in [3.8, 4) is 22.3 Å². The van der Waals surface area contributed by atoms with E-state index in [1.165, 1.54) is 38.9 Å². The minimum atomic E-state index is -0.00134. The first-order valence-electron chi connectivity index (χ1n) is 7.90. The second-order valence-corrected chi connectivity index (χ2v) is 6.71. The van der Waals surface area contributed by atoms with Gasteiger partial charge < -0.3 is 0 Å². The van der Waals surface area contributed by atoms with E-state index < -0.39 is 0 Å². The molecule has 0 aromatic heterocycles. The highest BCUT2D eigenvalue weighted by Crippen LogP contribution is 2.49. The summed E-state index contributed by atoms with van der Waals surface area (Å²) in [5.74, 6) is 0. The number of hydrogen-bond donors (Lipinski definition) is 0. The van der Waals surface area contributed by atoms with Crippen LogP contribution in [-0.2, 0) is 5.41 Å². The van der Waals surface area contributed by atoms with Gasteiger partial charge in [0.05, 0.1) is 0 Å². The van der Waals surface area contributed by atoms with Crippen LogP contribution in [-0.4, -0.2) is 0 Å². The molecular formula is C22H20. The van der Waals surface area contributed by atoms with Crippen LogP contribution in [0.25, 0.3) is 22.3 Å². The molecule has 1 aliphatic carbocycles. The van der Waals surface area contributed by atoms with Crippen LogP contribution in [0.5, 0.6) is 0 Å². The monoisotopic (exact) mass is 284 g/mol. The summed E-state index contributed by atoms with van der Waals surface area (Å²) in [6.07, 6.45) is 0. The Hall–Kier alpha value is -2.34. The summed E-state index contributed by atoms with van der Waals surface area (Å²) in [5, 5.41) is 0. The zero-order valence-corrected chi connectivity index (χ0v) is 13.4. The predicted molar refractivity (Wildman–Crippen MR) is 94.2 cm³/mol. The highest BCUT2D eigenvalue weighted by Gasteiger charge is 2.32. The van der Waals surface area contributed by atoms with Gasteiger partial charge in [-0.15, -0.1) is 0 Å². The quantitative estimate of drug-likeness (QED) is 0.477. The van der Waals surface area contributed by atoms with Crippen LogP contribution in [0.4, 0.5) is 0 Å². The highest BCUT2D eigenvalue weighted by atomic mass is 14.4. The molecule has 0 bridgehead atoms. The largest absolute Gasteiger partial charge is 0.0619 e. The maximum Gasteiger partial charge on any atom is 0.0158 e. The van der Waals surface area contributed by atoms with Crippen molar-refractivity contribution in [1.82, 2.24) is 0 Å². The van der Waals surface area contributed by atoms with Gasteiger partial charge >= 0.3 is 0 Å². The lowest BCUT2D eigenvalue weighted by molar-refractivity contribution is 0.646. The van der Waals surface area contributed by atoms with Crippen molar-refractivity contribution in [2.24, 2.45) is 0 Å². The normalized spacial score (nSPS) is 14.5. The molecule has 0 saturated carbocycles. The molecule has 3 aromatic rings. The molecule has 1 aliphatic rings. The molecule has 108 valence electrons. The smallest absolute Gasteiger partial charge is 0.0158 e. The Bertz CT molecular complexity index is 869. The fraction of sp³-hybridized carbons (Fsp3) is 0.182. The Labute approximate surface area is 132 Å². The van der Waals surface area contributed by atoms with Crippen LogP contribution in [0.15, 0.2) is 66.7 Å². The van der Waals surface area contributed by atoms with E-state index in [0.717, 1.165) is 0 Å². The van der Waals surface area contributed by atoms with E-state index in [1.807, 2.05) is 0 Å². The molecule has 0 heteroatoms. The van der Waals surface area contributed by atoms with Gasteiger partial charge in [0.2, 0.25) is 0 Å². The first-order chi connectivity index (χ1) is 10.6. The molecule has 0 heterocycles. The van der Waals surface area contributed by atoms with Crippen molar-refractivity contribution in [3.05, 3.63) is 83.4 Å². The average Bonchev–Trinajstić information content (AvgIpc) is 2.62. The van der Waals surface area contributed by atoms with Crippen LogP contribution < -0.4 is 0 Å². The molecule has 0 aliphatic heterocycles. The fourth-order valence-corrected chi connectivity index (χ4v) is 3.90. The van der Waals surface area contributed by atoms with Gasteiger partial charge in [-0.1, -0.05) is 80.6 Å².